The first-order valence-electron chi connectivity index (χ1n) is 7.53. The molecule has 1 aromatic heterocycles. The van der Waals surface area contributed by atoms with Crippen molar-refractivity contribution in [2.24, 2.45) is 11.8 Å². The second-order valence-electron chi connectivity index (χ2n) is 5.61. The Kier molecular flexibility index (Phi) is 5.32. The summed E-state index contributed by atoms with van der Waals surface area (Å²) in [6, 6.07) is 1.76. The summed E-state index contributed by atoms with van der Waals surface area (Å²) in [4.78, 5) is 4.13. The molecule has 0 radical (unpaired) electrons. The Labute approximate surface area is 128 Å². The van der Waals surface area contributed by atoms with Gasteiger partial charge in [0, 0.05) is 5.56 Å². The first-order chi connectivity index (χ1) is 10.4. The molecule has 1 heterocycles. The zero-order valence-corrected chi connectivity index (χ0v) is 12.6. The summed E-state index contributed by atoms with van der Waals surface area (Å²) >= 11 is 0. The van der Waals surface area contributed by atoms with E-state index >= 15 is 0 Å². The minimum Gasteiger partial charge on any atom is -0.478 e. The van der Waals surface area contributed by atoms with E-state index in [9.17, 15) is 13.2 Å². The number of ether oxygens (including phenoxy) is 1. The van der Waals surface area contributed by atoms with Gasteiger partial charge in [-0.2, -0.15) is 13.2 Å². The Balaban J connectivity index is 2.00. The van der Waals surface area contributed by atoms with E-state index in [4.69, 9.17) is 10.5 Å². The summed E-state index contributed by atoms with van der Waals surface area (Å²) in [5.41, 5.74) is 7.02. The van der Waals surface area contributed by atoms with Gasteiger partial charge >= 0.3 is 6.18 Å². The van der Waals surface area contributed by atoms with Crippen molar-refractivity contribution in [1.82, 2.24) is 4.98 Å². The molecular weight excluding hydrogens is 293 g/mol. The van der Waals surface area contributed by atoms with Gasteiger partial charge in [-0.25, -0.2) is 4.98 Å². The van der Waals surface area contributed by atoms with Crippen LogP contribution in [0.5, 0.6) is 5.88 Å². The highest BCUT2D eigenvalue weighted by molar-refractivity contribution is 5.59. The Hall–Kier alpha value is -1.72. The van der Waals surface area contributed by atoms with E-state index in [1.165, 1.54) is 6.20 Å². The van der Waals surface area contributed by atoms with Crippen molar-refractivity contribution in [3.05, 3.63) is 23.9 Å². The Bertz CT molecular complexity index is 521. The molecule has 0 atom stereocenters. The number of nitrogen functional groups attached to an aromatic ring is 1. The van der Waals surface area contributed by atoms with Gasteiger partial charge in [0.1, 0.15) is 0 Å². The number of nitrogens with two attached hydrogens (primary N) is 1. The number of pyridine rings is 1. The van der Waals surface area contributed by atoms with E-state index in [2.05, 4.69) is 4.98 Å². The predicted octanol–water partition coefficient (Wildman–Crippen LogP) is 4.44. The number of nitrogens with zero attached hydrogens (tertiary/aromatic N) is 1. The molecule has 2 rings (SSSR count). The number of anilines is 1. The number of rotatable bonds is 4. The predicted molar refractivity (Wildman–Crippen MR) is 80.4 cm³/mol. The zero-order valence-electron chi connectivity index (χ0n) is 12.6. The first kappa shape index (κ1) is 16.6. The maximum Gasteiger partial charge on any atom is 0.391 e. The normalized spacial score (nSPS) is 22.9. The molecule has 22 heavy (non-hydrogen) atoms. The highest BCUT2D eigenvalue weighted by Gasteiger charge is 2.40. The van der Waals surface area contributed by atoms with Crippen LogP contribution in [0.25, 0.3) is 6.08 Å². The van der Waals surface area contributed by atoms with E-state index < -0.39 is 12.1 Å². The van der Waals surface area contributed by atoms with Crippen molar-refractivity contribution in [2.75, 3.05) is 12.3 Å². The van der Waals surface area contributed by atoms with Gasteiger partial charge in [-0.1, -0.05) is 12.2 Å². The van der Waals surface area contributed by atoms with Crippen LogP contribution in [0.2, 0.25) is 0 Å². The van der Waals surface area contributed by atoms with E-state index in [1.54, 1.807) is 6.07 Å². The highest BCUT2D eigenvalue weighted by Crippen LogP contribution is 2.40. The van der Waals surface area contributed by atoms with E-state index in [-0.39, 0.29) is 18.8 Å². The maximum absolute atomic E-state index is 12.6. The van der Waals surface area contributed by atoms with Crippen LogP contribution >= 0.6 is 0 Å². The molecule has 0 amide bonds. The fourth-order valence-corrected chi connectivity index (χ4v) is 2.74. The number of allylic oxidation sites excluding steroid dienone is 1. The smallest absolute Gasteiger partial charge is 0.391 e. The summed E-state index contributed by atoms with van der Waals surface area (Å²) in [6.07, 6.45) is 2.78. The number of hydrogen-bond donors (Lipinski definition) is 1. The SMILES string of the molecule is CCOc1ncc(N)cc1/C=C/[C@H]1CC[C@H](C(F)(F)F)CC1. The van der Waals surface area contributed by atoms with Crippen molar-refractivity contribution in [1.29, 1.82) is 0 Å². The lowest BCUT2D eigenvalue weighted by atomic mass is 9.81. The third-order valence-corrected chi connectivity index (χ3v) is 3.96. The fraction of sp³-hybridized carbons (Fsp3) is 0.562. The summed E-state index contributed by atoms with van der Waals surface area (Å²) in [6.45, 7) is 2.36. The van der Waals surface area contributed by atoms with Gasteiger partial charge in [-0.15, -0.1) is 0 Å². The molecule has 0 spiro atoms. The summed E-state index contributed by atoms with van der Waals surface area (Å²) < 4.78 is 43.4. The van der Waals surface area contributed by atoms with E-state index in [1.807, 2.05) is 19.1 Å². The first-order valence-corrected chi connectivity index (χ1v) is 7.53. The van der Waals surface area contributed by atoms with Crippen molar-refractivity contribution in [3.63, 3.8) is 0 Å². The molecule has 1 aliphatic carbocycles. The van der Waals surface area contributed by atoms with Crippen molar-refractivity contribution in [3.8, 4) is 5.88 Å². The minimum absolute atomic E-state index is 0.162. The van der Waals surface area contributed by atoms with Gasteiger partial charge in [0.05, 0.1) is 24.4 Å². The quantitative estimate of drug-likeness (QED) is 0.893. The topological polar surface area (TPSA) is 48.1 Å². The molecule has 2 N–H and O–H groups in total. The molecule has 1 fully saturated rings. The summed E-state index contributed by atoms with van der Waals surface area (Å²) in [7, 11) is 0. The standard InChI is InChI=1S/C16H21F3N2O/c1-2-22-15-12(9-14(20)10-21-15)6-3-11-4-7-13(8-5-11)16(17,18)19/h3,6,9-11,13H,2,4-5,7-8,20H2,1H3/b6-3+/t11-,13-. The molecule has 6 heteroatoms. The van der Waals surface area contributed by atoms with Crippen molar-refractivity contribution >= 4 is 11.8 Å². The van der Waals surface area contributed by atoms with Crippen molar-refractivity contribution < 1.29 is 17.9 Å². The summed E-state index contributed by atoms with van der Waals surface area (Å²) in [5.74, 6) is -0.489. The van der Waals surface area contributed by atoms with Crippen LogP contribution in [-0.2, 0) is 0 Å². The van der Waals surface area contributed by atoms with Crippen molar-refractivity contribution in [2.45, 2.75) is 38.8 Å². The van der Waals surface area contributed by atoms with Gasteiger partial charge < -0.3 is 10.5 Å². The van der Waals surface area contributed by atoms with Crippen LogP contribution < -0.4 is 10.5 Å². The van der Waals surface area contributed by atoms with Gasteiger partial charge in [0.25, 0.3) is 0 Å². The number of hydrogen-bond acceptors (Lipinski definition) is 3. The molecular formula is C16H21F3N2O. The Morgan fingerprint density at radius 3 is 2.59 bits per heavy atom. The molecule has 0 bridgehead atoms. The van der Waals surface area contributed by atoms with Crippen LogP contribution in [0, 0.1) is 11.8 Å². The number of halogens is 3. The maximum atomic E-state index is 12.6. The highest BCUT2D eigenvalue weighted by atomic mass is 19.4. The second-order valence-corrected chi connectivity index (χ2v) is 5.61. The zero-order chi connectivity index (χ0) is 16.2. The van der Waals surface area contributed by atoms with Crippen LogP contribution in [-0.4, -0.2) is 17.8 Å². The lowest BCUT2D eigenvalue weighted by Gasteiger charge is -2.28. The van der Waals surface area contributed by atoms with Gasteiger partial charge in [-0.3, -0.25) is 0 Å². The third kappa shape index (κ3) is 4.39. The van der Waals surface area contributed by atoms with Gasteiger partial charge in [-0.05, 0) is 44.6 Å². The second kappa shape index (κ2) is 7.03. The lowest BCUT2D eigenvalue weighted by molar-refractivity contribution is -0.183. The largest absolute Gasteiger partial charge is 0.478 e. The van der Waals surface area contributed by atoms with Gasteiger partial charge in [0.2, 0.25) is 5.88 Å². The van der Waals surface area contributed by atoms with E-state index in [0.717, 1.165) is 5.56 Å². The fourth-order valence-electron chi connectivity index (χ4n) is 2.74. The third-order valence-electron chi connectivity index (χ3n) is 3.96. The Morgan fingerprint density at radius 1 is 1.32 bits per heavy atom. The number of alkyl halides is 3. The van der Waals surface area contributed by atoms with Crippen LogP contribution in [0.3, 0.4) is 0 Å². The summed E-state index contributed by atoms with van der Waals surface area (Å²) in [5, 5.41) is 0. The minimum atomic E-state index is -4.06. The molecule has 0 aromatic carbocycles. The van der Waals surface area contributed by atoms with Crippen LogP contribution in [0.4, 0.5) is 18.9 Å². The molecule has 1 saturated carbocycles. The average molecular weight is 314 g/mol. The molecule has 0 saturated heterocycles. The molecule has 0 aliphatic heterocycles. The van der Waals surface area contributed by atoms with E-state index in [0.29, 0.717) is 31.0 Å². The monoisotopic (exact) mass is 314 g/mol. The Morgan fingerprint density at radius 2 is 2.00 bits per heavy atom. The molecule has 3 nitrogen and oxygen atoms in total. The molecule has 0 unspecified atom stereocenters. The number of aromatic nitrogens is 1. The molecule has 1 aromatic rings. The lowest BCUT2D eigenvalue weighted by Crippen LogP contribution is -2.27. The average Bonchev–Trinajstić information content (AvgIpc) is 2.47. The molecule has 122 valence electrons. The van der Waals surface area contributed by atoms with Crippen LogP contribution in [0.15, 0.2) is 18.3 Å². The molecule has 1 aliphatic rings. The van der Waals surface area contributed by atoms with Crippen LogP contribution in [0.1, 0.15) is 38.2 Å². The van der Waals surface area contributed by atoms with Gasteiger partial charge in [0.15, 0.2) is 0 Å².